The SMILES string of the molecule is CN.[I][Ni][I]. The van der Waals surface area contributed by atoms with E-state index in [1.807, 2.05) is 0 Å². The monoisotopic (exact) mass is 343 g/mol. The van der Waals surface area contributed by atoms with E-state index in [0.717, 1.165) is 0 Å². The van der Waals surface area contributed by atoms with E-state index in [0.29, 0.717) is 0 Å². The Hall–Kier alpha value is 1.91. The summed E-state index contributed by atoms with van der Waals surface area (Å²) in [6.07, 6.45) is 0. The van der Waals surface area contributed by atoms with Crippen LogP contribution in [0.4, 0.5) is 0 Å². The van der Waals surface area contributed by atoms with Crippen LogP contribution in [-0.4, -0.2) is 7.05 Å². The van der Waals surface area contributed by atoms with Crippen molar-refractivity contribution in [3.63, 3.8) is 0 Å². The van der Waals surface area contributed by atoms with Crippen molar-refractivity contribution in [2.45, 2.75) is 0 Å². The summed E-state index contributed by atoms with van der Waals surface area (Å²) in [6.45, 7) is 0. The second-order valence-electron chi connectivity index (χ2n) is 0.0452. The zero-order valence-corrected chi connectivity index (χ0v) is 7.95. The van der Waals surface area contributed by atoms with Gasteiger partial charge in [0.25, 0.3) is 0 Å². The van der Waals surface area contributed by atoms with Gasteiger partial charge in [-0.15, -0.1) is 0 Å². The molecule has 0 atom stereocenters. The first-order valence-corrected chi connectivity index (χ1v) is 7.19. The molecule has 38 valence electrons. The van der Waals surface area contributed by atoms with Crippen LogP contribution in [0.5, 0.6) is 0 Å². The summed E-state index contributed by atoms with van der Waals surface area (Å²) >= 11 is 4.43. The molecule has 0 aliphatic heterocycles. The summed E-state index contributed by atoms with van der Waals surface area (Å²) in [4.78, 5) is 0. The van der Waals surface area contributed by atoms with E-state index in [4.69, 9.17) is 0 Å². The molecule has 5 heavy (non-hydrogen) atoms. The quantitative estimate of drug-likeness (QED) is 0.521. The standard InChI is InChI=1S/CH5N.2HI.Ni/c1-2;;;/h2H2,1H3;2*1H;/q;;;+2/p-2. The predicted molar refractivity (Wildman–Crippen MR) is 38.2 cm³/mol. The molecule has 0 saturated heterocycles. The number of halogens is 2. The zero-order valence-electron chi connectivity index (χ0n) is 2.65. The van der Waals surface area contributed by atoms with Crippen LogP contribution in [0.2, 0.25) is 0 Å². The first kappa shape index (κ1) is 10.0. The third-order valence-corrected chi connectivity index (χ3v) is 0. The first-order chi connectivity index (χ1) is 2.41. The Morgan fingerprint density at radius 3 is 1.40 bits per heavy atom. The van der Waals surface area contributed by atoms with Gasteiger partial charge < -0.3 is 5.73 Å². The van der Waals surface area contributed by atoms with Crippen molar-refractivity contribution in [3.8, 4) is 0 Å². The molecule has 0 saturated carbocycles. The van der Waals surface area contributed by atoms with E-state index in [1.165, 1.54) is 7.05 Å². The molecule has 0 unspecified atom stereocenters. The van der Waals surface area contributed by atoms with Gasteiger partial charge in [-0.3, -0.25) is 0 Å². The van der Waals surface area contributed by atoms with Crippen molar-refractivity contribution in [2.75, 3.05) is 7.05 Å². The zero-order chi connectivity index (χ0) is 4.71. The van der Waals surface area contributed by atoms with Crippen LogP contribution in [0.1, 0.15) is 0 Å². The average molecular weight is 344 g/mol. The minimum absolute atomic E-state index is 1.50. The average Bonchev–Trinajstić information content (AvgIpc) is 1.46. The third-order valence-electron chi connectivity index (χ3n) is 0. The van der Waals surface area contributed by atoms with Crippen molar-refractivity contribution >= 4 is 41.0 Å². The van der Waals surface area contributed by atoms with Crippen molar-refractivity contribution in [3.05, 3.63) is 0 Å². The Balaban J connectivity index is 0. The molecule has 0 aliphatic carbocycles. The Labute approximate surface area is 61.0 Å². The molecule has 0 spiro atoms. The fourth-order valence-electron chi connectivity index (χ4n) is 0. The molecular formula is CH5I2NNi. The fourth-order valence-corrected chi connectivity index (χ4v) is 0. The molecule has 0 fully saturated rings. The summed E-state index contributed by atoms with van der Waals surface area (Å²) < 4.78 is 0. The fraction of sp³-hybridized carbons (Fsp3) is 1.00. The number of hydrogen-bond acceptors (Lipinski definition) is 1. The van der Waals surface area contributed by atoms with Gasteiger partial charge in [-0.2, -0.15) is 0 Å². The van der Waals surface area contributed by atoms with E-state index < -0.39 is 0 Å². The van der Waals surface area contributed by atoms with E-state index in [9.17, 15) is 0 Å². The van der Waals surface area contributed by atoms with Crippen LogP contribution in [0.3, 0.4) is 0 Å². The van der Waals surface area contributed by atoms with Crippen LogP contribution in [0.25, 0.3) is 0 Å². The van der Waals surface area contributed by atoms with Crippen LogP contribution in [0, 0.1) is 0 Å². The molecule has 0 aromatic heterocycles. The Morgan fingerprint density at radius 2 is 1.40 bits per heavy atom. The molecule has 4 heteroatoms. The normalized spacial score (nSPS) is 5.60. The van der Waals surface area contributed by atoms with E-state index in [1.54, 1.807) is 8.07 Å². The van der Waals surface area contributed by atoms with Gasteiger partial charge in [0.15, 0.2) is 0 Å². The van der Waals surface area contributed by atoms with Crippen molar-refractivity contribution < 1.29 is 8.07 Å². The molecule has 0 amide bonds. The van der Waals surface area contributed by atoms with Crippen molar-refractivity contribution in [1.29, 1.82) is 0 Å². The summed E-state index contributed by atoms with van der Waals surface area (Å²) in [5, 5.41) is 0. The second kappa shape index (κ2) is 16.8. The number of hydrogen-bond donors (Lipinski definition) is 1. The van der Waals surface area contributed by atoms with E-state index >= 15 is 0 Å². The van der Waals surface area contributed by atoms with Crippen molar-refractivity contribution in [1.82, 2.24) is 0 Å². The molecule has 2 N–H and O–H groups in total. The van der Waals surface area contributed by atoms with Gasteiger partial charge in [0.2, 0.25) is 0 Å². The van der Waals surface area contributed by atoms with Gasteiger partial charge in [0.1, 0.15) is 0 Å². The van der Waals surface area contributed by atoms with Crippen LogP contribution in [-0.2, 0) is 8.07 Å². The summed E-state index contributed by atoms with van der Waals surface area (Å²) in [6, 6.07) is 0. The van der Waals surface area contributed by atoms with Crippen molar-refractivity contribution in [2.24, 2.45) is 5.73 Å². The van der Waals surface area contributed by atoms with Gasteiger partial charge in [-0.05, 0) is 7.05 Å². The molecule has 0 rings (SSSR count). The van der Waals surface area contributed by atoms with Crippen LogP contribution < -0.4 is 5.73 Å². The van der Waals surface area contributed by atoms with Gasteiger partial charge in [0, 0.05) is 0 Å². The maximum absolute atomic E-state index is 4.50. The molecular weight excluding hydrogens is 339 g/mol. The Kier molecular flexibility index (Phi) is 33.7. The van der Waals surface area contributed by atoms with E-state index in [2.05, 4.69) is 46.7 Å². The Morgan fingerprint density at radius 1 is 1.40 bits per heavy atom. The van der Waals surface area contributed by atoms with Gasteiger partial charge in [0.05, 0.1) is 0 Å². The van der Waals surface area contributed by atoms with Crippen LogP contribution >= 0.6 is 41.0 Å². The molecule has 0 aromatic rings. The van der Waals surface area contributed by atoms with E-state index in [-0.39, 0.29) is 0 Å². The minimum atomic E-state index is 1.50. The number of nitrogens with two attached hydrogens (primary N) is 1. The summed E-state index contributed by atoms with van der Waals surface area (Å²) in [5.74, 6) is 0. The molecule has 0 radical (unpaired) electrons. The predicted octanol–water partition coefficient (Wildman–Crippen LogP) is 1.34. The molecule has 0 aliphatic rings. The van der Waals surface area contributed by atoms with Gasteiger partial charge in [-0.1, -0.05) is 0 Å². The molecule has 0 heterocycles. The maximum atomic E-state index is 4.50. The summed E-state index contributed by atoms with van der Waals surface area (Å²) in [5.41, 5.74) is 4.50. The second-order valence-corrected chi connectivity index (χ2v) is 8.38. The topological polar surface area (TPSA) is 26.0 Å². The third kappa shape index (κ3) is 24.7. The van der Waals surface area contributed by atoms with Gasteiger partial charge >= 0.3 is 49.0 Å². The number of rotatable bonds is 0. The molecule has 1 nitrogen and oxygen atoms in total. The summed E-state index contributed by atoms with van der Waals surface area (Å²) in [7, 11) is 3.06. The molecule has 0 aromatic carbocycles. The molecule has 0 bridgehead atoms. The van der Waals surface area contributed by atoms with Crippen LogP contribution in [0.15, 0.2) is 0 Å². The Bertz CT molecular complexity index is 9.61. The first-order valence-electron chi connectivity index (χ1n) is 0.816. The van der Waals surface area contributed by atoms with Gasteiger partial charge in [-0.25, -0.2) is 0 Å².